The summed E-state index contributed by atoms with van der Waals surface area (Å²) < 4.78 is 5.62. The van der Waals surface area contributed by atoms with Crippen LogP contribution in [0.15, 0.2) is 35.5 Å². The molecule has 1 aliphatic heterocycles. The fourth-order valence-corrected chi connectivity index (χ4v) is 1.90. The largest absolute Gasteiger partial charge is 0.491 e. The van der Waals surface area contributed by atoms with Gasteiger partial charge in [0.2, 0.25) is 0 Å². The molecule has 0 bridgehead atoms. The van der Waals surface area contributed by atoms with Crippen LogP contribution in [-0.4, -0.2) is 12.6 Å². The van der Waals surface area contributed by atoms with Gasteiger partial charge in [-0.25, -0.2) is 5.43 Å². The second-order valence-electron chi connectivity index (χ2n) is 4.69. The maximum atomic E-state index is 5.62. The van der Waals surface area contributed by atoms with E-state index in [0.29, 0.717) is 0 Å². The van der Waals surface area contributed by atoms with Crippen molar-refractivity contribution in [3.63, 3.8) is 0 Å². The Hall–Kier alpha value is -1.48. The fraction of sp³-hybridized carbons (Fsp3) is 0.429. The highest BCUT2D eigenvalue weighted by Crippen LogP contribution is 2.17. The average molecular weight is 232 g/mol. The van der Waals surface area contributed by atoms with Crippen molar-refractivity contribution in [2.45, 2.75) is 33.3 Å². The first-order valence-electron chi connectivity index (χ1n) is 6.08. The zero-order valence-electron chi connectivity index (χ0n) is 10.7. The summed E-state index contributed by atoms with van der Waals surface area (Å²) in [6.07, 6.45) is 1.22. The Morgan fingerprint density at radius 2 is 1.94 bits per heavy atom. The number of ether oxygens (including phenoxy) is 1. The van der Waals surface area contributed by atoms with Gasteiger partial charge in [-0.05, 0) is 50.5 Å². The van der Waals surface area contributed by atoms with Gasteiger partial charge in [0.25, 0.3) is 0 Å². The van der Waals surface area contributed by atoms with E-state index in [4.69, 9.17) is 4.74 Å². The van der Waals surface area contributed by atoms with E-state index >= 15 is 0 Å². The van der Waals surface area contributed by atoms with Crippen LogP contribution < -0.4 is 15.6 Å². The van der Waals surface area contributed by atoms with E-state index in [2.05, 4.69) is 29.9 Å². The van der Waals surface area contributed by atoms with Crippen molar-refractivity contribution < 1.29 is 4.74 Å². The molecule has 0 unspecified atom stereocenters. The lowest BCUT2D eigenvalue weighted by Crippen LogP contribution is -2.22. The second-order valence-corrected chi connectivity index (χ2v) is 4.69. The maximum absolute atomic E-state index is 5.62. The van der Waals surface area contributed by atoms with E-state index in [-0.39, 0.29) is 6.10 Å². The molecule has 3 heteroatoms. The van der Waals surface area contributed by atoms with Crippen LogP contribution in [0.1, 0.15) is 26.3 Å². The highest BCUT2D eigenvalue weighted by atomic mass is 16.5. The molecule has 0 aromatic heterocycles. The summed E-state index contributed by atoms with van der Waals surface area (Å²) in [4.78, 5) is 0. The normalized spacial score (nSPS) is 15.3. The van der Waals surface area contributed by atoms with E-state index in [1.165, 1.54) is 16.8 Å². The van der Waals surface area contributed by atoms with Gasteiger partial charge in [0, 0.05) is 12.2 Å². The molecule has 1 aromatic carbocycles. The first-order valence-corrected chi connectivity index (χ1v) is 6.08. The third-order valence-corrected chi connectivity index (χ3v) is 2.82. The van der Waals surface area contributed by atoms with Gasteiger partial charge in [-0.2, -0.15) is 0 Å². The van der Waals surface area contributed by atoms with Gasteiger partial charge >= 0.3 is 0 Å². The van der Waals surface area contributed by atoms with E-state index in [1.807, 2.05) is 26.0 Å². The third-order valence-electron chi connectivity index (χ3n) is 2.82. The molecular weight excluding hydrogens is 212 g/mol. The molecule has 0 atom stereocenters. The van der Waals surface area contributed by atoms with Gasteiger partial charge in [-0.15, -0.1) is 0 Å². The summed E-state index contributed by atoms with van der Waals surface area (Å²) in [5.74, 6) is 0.942. The predicted molar refractivity (Wildman–Crippen MR) is 69.7 cm³/mol. The molecule has 92 valence electrons. The third kappa shape index (κ3) is 3.24. The van der Waals surface area contributed by atoms with Crippen molar-refractivity contribution in [1.82, 2.24) is 10.9 Å². The molecule has 1 aliphatic rings. The first kappa shape index (κ1) is 12.0. The molecule has 1 aromatic rings. The molecule has 1 heterocycles. The maximum Gasteiger partial charge on any atom is 0.119 e. The Morgan fingerprint density at radius 1 is 1.24 bits per heavy atom. The van der Waals surface area contributed by atoms with E-state index in [9.17, 15) is 0 Å². The second kappa shape index (κ2) is 5.23. The van der Waals surface area contributed by atoms with Crippen molar-refractivity contribution >= 4 is 0 Å². The highest BCUT2D eigenvalue weighted by Gasteiger charge is 2.09. The lowest BCUT2D eigenvalue weighted by Gasteiger charge is -2.10. The molecule has 0 saturated heterocycles. The minimum Gasteiger partial charge on any atom is -0.491 e. The quantitative estimate of drug-likeness (QED) is 0.836. The summed E-state index contributed by atoms with van der Waals surface area (Å²) >= 11 is 0. The molecular formula is C14H20N2O. The van der Waals surface area contributed by atoms with Gasteiger partial charge in [0.15, 0.2) is 0 Å². The Morgan fingerprint density at radius 3 is 2.47 bits per heavy atom. The Balaban J connectivity index is 2.01. The van der Waals surface area contributed by atoms with Crippen molar-refractivity contribution in [3.8, 4) is 5.75 Å². The summed E-state index contributed by atoms with van der Waals surface area (Å²) in [5.41, 5.74) is 10.2. The lowest BCUT2D eigenvalue weighted by molar-refractivity contribution is 0.242. The molecule has 0 radical (unpaired) electrons. The van der Waals surface area contributed by atoms with Gasteiger partial charge < -0.3 is 10.2 Å². The number of allylic oxidation sites excluding steroid dienone is 1. The van der Waals surface area contributed by atoms with E-state index in [1.54, 1.807) is 0 Å². The molecule has 0 amide bonds. The zero-order chi connectivity index (χ0) is 12.3. The van der Waals surface area contributed by atoms with Crippen LogP contribution in [0, 0.1) is 0 Å². The van der Waals surface area contributed by atoms with Crippen LogP contribution in [-0.2, 0) is 6.42 Å². The van der Waals surface area contributed by atoms with Gasteiger partial charge in [0.1, 0.15) is 5.75 Å². The zero-order valence-corrected chi connectivity index (χ0v) is 10.7. The SMILES string of the molecule is CC1=C(Cc2ccc(OC(C)C)cc2)CNN1. The number of hydrazine groups is 1. The van der Waals surface area contributed by atoms with Gasteiger partial charge in [-0.1, -0.05) is 12.1 Å². The number of nitrogens with one attached hydrogen (secondary N) is 2. The van der Waals surface area contributed by atoms with Crippen molar-refractivity contribution in [3.05, 3.63) is 41.1 Å². The Labute approximate surface area is 103 Å². The van der Waals surface area contributed by atoms with Gasteiger partial charge in [0.05, 0.1) is 6.10 Å². The Bertz CT molecular complexity index is 407. The summed E-state index contributed by atoms with van der Waals surface area (Å²) in [6, 6.07) is 8.36. The fourth-order valence-electron chi connectivity index (χ4n) is 1.90. The molecule has 2 N–H and O–H groups in total. The number of hydrogen-bond acceptors (Lipinski definition) is 3. The molecule has 17 heavy (non-hydrogen) atoms. The van der Waals surface area contributed by atoms with Gasteiger partial charge in [-0.3, -0.25) is 0 Å². The summed E-state index contributed by atoms with van der Waals surface area (Å²) in [5, 5.41) is 0. The standard InChI is InChI=1S/C14H20N2O/c1-10(2)17-14-6-4-12(5-7-14)8-13-9-15-16-11(13)3/h4-7,10,15-16H,8-9H2,1-3H3. The smallest absolute Gasteiger partial charge is 0.119 e. The lowest BCUT2D eigenvalue weighted by atomic mass is 10.0. The highest BCUT2D eigenvalue weighted by molar-refractivity contribution is 5.32. The van der Waals surface area contributed by atoms with Crippen LogP contribution in [0.2, 0.25) is 0 Å². The van der Waals surface area contributed by atoms with Crippen LogP contribution in [0.4, 0.5) is 0 Å². The van der Waals surface area contributed by atoms with Crippen molar-refractivity contribution in [1.29, 1.82) is 0 Å². The molecule has 3 nitrogen and oxygen atoms in total. The van der Waals surface area contributed by atoms with Crippen molar-refractivity contribution in [2.75, 3.05) is 6.54 Å². The summed E-state index contributed by atoms with van der Waals surface area (Å²) in [7, 11) is 0. The predicted octanol–water partition coefficient (Wildman–Crippen LogP) is 2.40. The van der Waals surface area contributed by atoms with Crippen LogP contribution in [0.3, 0.4) is 0 Å². The molecule has 0 saturated carbocycles. The van der Waals surface area contributed by atoms with Crippen LogP contribution in [0.5, 0.6) is 5.75 Å². The molecule has 2 rings (SSSR count). The number of benzene rings is 1. The molecule has 0 fully saturated rings. The molecule has 0 spiro atoms. The minimum atomic E-state index is 0.231. The number of hydrogen-bond donors (Lipinski definition) is 2. The minimum absolute atomic E-state index is 0.231. The molecule has 0 aliphatic carbocycles. The topological polar surface area (TPSA) is 33.3 Å². The van der Waals surface area contributed by atoms with Crippen molar-refractivity contribution in [2.24, 2.45) is 0 Å². The van der Waals surface area contributed by atoms with E-state index in [0.717, 1.165) is 18.7 Å². The van der Waals surface area contributed by atoms with Crippen LogP contribution >= 0.6 is 0 Å². The van der Waals surface area contributed by atoms with E-state index < -0.39 is 0 Å². The monoisotopic (exact) mass is 232 g/mol. The first-order chi connectivity index (χ1) is 8.15. The average Bonchev–Trinajstić information content (AvgIpc) is 2.67. The Kier molecular flexibility index (Phi) is 3.69. The summed E-state index contributed by atoms with van der Waals surface area (Å²) in [6.45, 7) is 7.11. The number of rotatable bonds is 4. The van der Waals surface area contributed by atoms with Crippen LogP contribution in [0.25, 0.3) is 0 Å².